The van der Waals surface area contributed by atoms with Crippen LogP contribution in [0.1, 0.15) is 43.2 Å². The van der Waals surface area contributed by atoms with E-state index in [1.54, 1.807) is 5.01 Å². The van der Waals surface area contributed by atoms with E-state index in [9.17, 15) is 13.2 Å². The number of piperidine rings is 1. The van der Waals surface area contributed by atoms with Gasteiger partial charge in [0.05, 0.1) is 12.3 Å². The molecule has 0 saturated carbocycles. The first-order valence-electron chi connectivity index (χ1n) is 11.8. The van der Waals surface area contributed by atoms with Crippen LogP contribution in [0.2, 0.25) is 5.02 Å². The van der Waals surface area contributed by atoms with E-state index in [-0.39, 0.29) is 30.1 Å². The van der Waals surface area contributed by atoms with E-state index in [2.05, 4.69) is 9.71 Å². The van der Waals surface area contributed by atoms with E-state index in [1.807, 2.05) is 61.5 Å². The summed E-state index contributed by atoms with van der Waals surface area (Å²) in [6.45, 7) is 2.79. The van der Waals surface area contributed by atoms with Crippen LogP contribution in [0.3, 0.4) is 0 Å². The second kappa shape index (κ2) is 10.9. The number of nitrogens with one attached hydrogen (secondary N) is 1. The minimum atomic E-state index is -3.90. The maximum Gasteiger partial charge on any atom is 0.303 e. The van der Waals surface area contributed by atoms with Gasteiger partial charge in [-0.1, -0.05) is 61.0 Å². The summed E-state index contributed by atoms with van der Waals surface area (Å²) in [7, 11) is -2.37. The minimum absolute atomic E-state index is 0.0832. The highest BCUT2D eigenvalue weighted by atomic mass is 35.5. The van der Waals surface area contributed by atoms with Gasteiger partial charge >= 0.3 is 10.2 Å². The highest BCUT2D eigenvalue weighted by Gasteiger charge is 2.36. The SMILES string of the molecule is CCC(=O)C1CCCN(S(=O)(=O)NC(=NC)N2CC(c3ccccc3)C(c3ccc(Cl)cc3)=N2)C1. The van der Waals surface area contributed by atoms with Crippen molar-refractivity contribution in [1.82, 2.24) is 14.0 Å². The van der Waals surface area contributed by atoms with Crippen LogP contribution in [0.25, 0.3) is 0 Å². The summed E-state index contributed by atoms with van der Waals surface area (Å²) in [6, 6.07) is 17.4. The van der Waals surface area contributed by atoms with Crippen molar-refractivity contribution in [3.8, 4) is 0 Å². The Labute approximate surface area is 211 Å². The fourth-order valence-corrected chi connectivity index (χ4v) is 6.00. The molecule has 0 radical (unpaired) electrons. The maximum atomic E-state index is 13.2. The molecule has 0 aliphatic carbocycles. The van der Waals surface area contributed by atoms with Crippen molar-refractivity contribution in [3.63, 3.8) is 0 Å². The highest BCUT2D eigenvalue weighted by molar-refractivity contribution is 7.87. The first-order chi connectivity index (χ1) is 16.8. The number of aliphatic imine (C=N–C) groups is 1. The molecule has 2 aliphatic heterocycles. The maximum absolute atomic E-state index is 13.2. The minimum Gasteiger partial charge on any atom is -0.299 e. The van der Waals surface area contributed by atoms with Crippen LogP contribution < -0.4 is 4.72 Å². The molecule has 10 heteroatoms. The zero-order valence-corrected chi connectivity index (χ0v) is 21.5. The lowest BCUT2D eigenvalue weighted by molar-refractivity contribution is -0.123. The van der Waals surface area contributed by atoms with Gasteiger partial charge in [-0.3, -0.25) is 9.79 Å². The third-order valence-electron chi connectivity index (χ3n) is 6.46. The van der Waals surface area contributed by atoms with E-state index >= 15 is 0 Å². The van der Waals surface area contributed by atoms with Gasteiger partial charge in [0.25, 0.3) is 0 Å². The Morgan fingerprint density at radius 1 is 1.14 bits per heavy atom. The molecule has 1 fully saturated rings. The molecule has 2 heterocycles. The van der Waals surface area contributed by atoms with Gasteiger partial charge in [0.1, 0.15) is 5.78 Å². The van der Waals surface area contributed by atoms with Gasteiger partial charge in [0.15, 0.2) is 0 Å². The highest BCUT2D eigenvalue weighted by Crippen LogP contribution is 2.29. The van der Waals surface area contributed by atoms with Gasteiger partial charge in [0.2, 0.25) is 5.96 Å². The Morgan fingerprint density at radius 2 is 1.86 bits per heavy atom. The van der Waals surface area contributed by atoms with Crippen LogP contribution in [0.15, 0.2) is 64.7 Å². The van der Waals surface area contributed by atoms with Crippen molar-refractivity contribution in [2.75, 3.05) is 26.7 Å². The lowest BCUT2D eigenvalue weighted by Gasteiger charge is -2.31. The van der Waals surface area contributed by atoms with Crippen LogP contribution in [0.4, 0.5) is 0 Å². The predicted molar refractivity (Wildman–Crippen MR) is 139 cm³/mol. The van der Waals surface area contributed by atoms with Gasteiger partial charge in [-0.25, -0.2) is 9.73 Å². The summed E-state index contributed by atoms with van der Waals surface area (Å²) in [6.07, 6.45) is 1.77. The van der Waals surface area contributed by atoms with Crippen molar-refractivity contribution < 1.29 is 13.2 Å². The quantitative estimate of drug-likeness (QED) is 0.469. The zero-order valence-electron chi connectivity index (χ0n) is 19.9. The Morgan fingerprint density at radius 3 is 2.51 bits per heavy atom. The molecule has 1 saturated heterocycles. The molecular formula is C25H30ClN5O3S. The molecule has 2 unspecified atom stereocenters. The standard InChI is InChI=1S/C25H30ClN5O3S/c1-3-23(32)20-10-7-15-30(16-20)35(33,34)29-25(27-2)31-17-22(18-8-5-4-6-9-18)24(28-31)19-11-13-21(26)14-12-19/h4-6,8-9,11-14,20,22H,3,7,10,15-17H2,1-2H3,(H,27,29). The molecule has 0 amide bonds. The van der Waals surface area contributed by atoms with Crippen LogP contribution in [0.5, 0.6) is 0 Å². The molecular weight excluding hydrogens is 486 g/mol. The number of hydrogen-bond donors (Lipinski definition) is 1. The third kappa shape index (κ3) is 5.74. The second-order valence-electron chi connectivity index (χ2n) is 8.71. The lowest BCUT2D eigenvalue weighted by Crippen LogP contribution is -2.51. The van der Waals surface area contributed by atoms with Crippen molar-refractivity contribution in [2.24, 2.45) is 16.0 Å². The van der Waals surface area contributed by atoms with Gasteiger partial charge in [-0.2, -0.15) is 17.8 Å². The van der Waals surface area contributed by atoms with E-state index in [0.29, 0.717) is 37.4 Å². The van der Waals surface area contributed by atoms with Crippen LogP contribution in [-0.2, 0) is 15.0 Å². The Bertz CT molecular complexity index is 1220. The second-order valence-corrected chi connectivity index (χ2v) is 10.8. The molecule has 35 heavy (non-hydrogen) atoms. The Balaban J connectivity index is 1.58. The fraction of sp³-hybridized carbons (Fsp3) is 0.400. The number of halogens is 1. The van der Waals surface area contributed by atoms with Crippen LogP contribution in [-0.4, -0.2) is 61.9 Å². The molecule has 4 rings (SSSR count). The summed E-state index contributed by atoms with van der Waals surface area (Å²) < 4.78 is 30.4. The molecule has 8 nitrogen and oxygen atoms in total. The van der Waals surface area contributed by atoms with Crippen molar-refractivity contribution in [1.29, 1.82) is 0 Å². The van der Waals surface area contributed by atoms with E-state index in [0.717, 1.165) is 16.8 Å². The largest absolute Gasteiger partial charge is 0.303 e. The number of carbonyl (C=O) groups excluding carboxylic acids is 1. The molecule has 2 aromatic rings. The van der Waals surface area contributed by atoms with E-state index in [1.165, 1.54) is 11.4 Å². The summed E-state index contributed by atoms with van der Waals surface area (Å²) in [5.74, 6) is -0.119. The normalized spacial score (nSPS) is 21.6. The number of Topliss-reactive ketones (excluding diaryl/α,β-unsaturated/α-hetero) is 1. The molecule has 0 spiro atoms. The first-order valence-corrected chi connectivity index (χ1v) is 13.6. The third-order valence-corrected chi connectivity index (χ3v) is 8.16. The molecule has 1 N–H and O–H groups in total. The molecule has 0 aromatic heterocycles. The molecule has 2 aliphatic rings. The van der Waals surface area contributed by atoms with Gasteiger partial charge in [0, 0.05) is 43.4 Å². The van der Waals surface area contributed by atoms with E-state index in [4.69, 9.17) is 16.7 Å². The van der Waals surface area contributed by atoms with Gasteiger partial charge in [-0.05, 0) is 36.1 Å². The van der Waals surface area contributed by atoms with Crippen LogP contribution in [0, 0.1) is 5.92 Å². The molecule has 186 valence electrons. The smallest absolute Gasteiger partial charge is 0.299 e. The number of rotatable bonds is 6. The average Bonchev–Trinajstić information content (AvgIpc) is 3.33. The number of hydrazone groups is 1. The Hall–Kier alpha value is -2.75. The number of ketones is 1. The summed E-state index contributed by atoms with van der Waals surface area (Å²) in [5.41, 5.74) is 2.78. The number of carbonyl (C=O) groups is 1. The first kappa shape index (κ1) is 25.3. The monoisotopic (exact) mass is 515 g/mol. The number of benzene rings is 2. The predicted octanol–water partition coefficient (Wildman–Crippen LogP) is 3.65. The van der Waals surface area contributed by atoms with Crippen molar-refractivity contribution in [3.05, 3.63) is 70.7 Å². The number of guanidine groups is 1. The average molecular weight is 516 g/mol. The Kier molecular flexibility index (Phi) is 7.88. The van der Waals surface area contributed by atoms with Crippen molar-refractivity contribution in [2.45, 2.75) is 32.1 Å². The molecule has 2 atom stereocenters. The molecule has 0 bridgehead atoms. The number of nitrogens with zero attached hydrogens (tertiary/aromatic N) is 4. The van der Waals surface area contributed by atoms with Gasteiger partial charge in [-0.15, -0.1) is 0 Å². The topological polar surface area (TPSA) is 94.4 Å². The summed E-state index contributed by atoms with van der Waals surface area (Å²) in [4.78, 5) is 16.4. The molecule has 2 aromatic carbocycles. The summed E-state index contributed by atoms with van der Waals surface area (Å²) >= 11 is 6.09. The van der Waals surface area contributed by atoms with Crippen molar-refractivity contribution >= 4 is 39.3 Å². The number of hydrogen-bond acceptors (Lipinski definition) is 5. The summed E-state index contributed by atoms with van der Waals surface area (Å²) in [5, 5.41) is 7.00. The fourth-order valence-electron chi connectivity index (χ4n) is 4.57. The van der Waals surface area contributed by atoms with Crippen LogP contribution >= 0.6 is 11.6 Å². The van der Waals surface area contributed by atoms with Gasteiger partial charge < -0.3 is 0 Å². The zero-order chi connectivity index (χ0) is 25.0. The van der Waals surface area contributed by atoms with E-state index < -0.39 is 10.2 Å². The lowest BCUT2D eigenvalue weighted by atomic mass is 9.91.